The zero-order valence-electron chi connectivity index (χ0n) is 14.4. The number of aliphatic hydroxyl groups excluding tert-OH is 2. The van der Waals surface area contributed by atoms with E-state index < -0.39 is 6.10 Å². The van der Waals surface area contributed by atoms with Gasteiger partial charge >= 0.3 is 0 Å². The van der Waals surface area contributed by atoms with Crippen LogP contribution >= 0.6 is 11.6 Å². The molecule has 6 heteroatoms. The molecule has 0 aliphatic carbocycles. The quantitative estimate of drug-likeness (QED) is 0.596. The average Bonchev–Trinajstić information content (AvgIpc) is 3.11. The highest BCUT2D eigenvalue weighted by atomic mass is 35.5. The van der Waals surface area contributed by atoms with Crippen LogP contribution in [0, 0.1) is 5.92 Å². The lowest BCUT2D eigenvalue weighted by molar-refractivity contribution is 0.107. The Morgan fingerprint density at radius 1 is 1.23 bits per heavy atom. The second-order valence-corrected chi connectivity index (χ2v) is 7.07. The molecule has 2 aromatic rings. The van der Waals surface area contributed by atoms with E-state index in [1.54, 1.807) is 12.1 Å². The number of nitrogens with one attached hydrogen (secondary N) is 1. The minimum atomic E-state index is -0.706. The fourth-order valence-electron chi connectivity index (χ4n) is 3.27. The van der Waals surface area contributed by atoms with Crippen molar-refractivity contribution >= 4 is 11.6 Å². The van der Waals surface area contributed by atoms with Crippen LogP contribution in [0.25, 0.3) is 0 Å². The van der Waals surface area contributed by atoms with Gasteiger partial charge in [0.05, 0.1) is 25.4 Å². The Morgan fingerprint density at radius 2 is 2.04 bits per heavy atom. The number of ether oxygens (including phenoxy) is 1. The van der Waals surface area contributed by atoms with Crippen molar-refractivity contribution < 1.29 is 20.1 Å². The summed E-state index contributed by atoms with van der Waals surface area (Å²) in [5.74, 6) is 0.390. The number of phenols is 1. The molecule has 2 aromatic carbocycles. The predicted octanol–water partition coefficient (Wildman–Crippen LogP) is 2.94. The second kappa shape index (κ2) is 8.84. The van der Waals surface area contributed by atoms with Crippen LogP contribution in [0.3, 0.4) is 0 Å². The third-order valence-electron chi connectivity index (χ3n) is 4.76. The summed E-state index contributed by atoms with van der Waals surface area (Å²) in [5.41, 5.74) is 2.10. The van der Waals surface area contributed by atoms with Crippen LogP contribution in [-0.4, -0.2) is 35.0 Å². The molecule has 1 fully saturated rings. The topological polar surface area (TPSA) is 82.0 Å². The highest BCUT2D eigenvalue weighted by Crippen LogP contribution is 2.35. The van der Waals surface area contributed by atoms with Gasteiger partial charge in [0.25, 0.3) is 0 Å². The van der Waals surface area contributed by atoms with Gasteiger partial charge in [-0.1, -0.05) is 35.9 Å². The van der Waals surface area contributed by atoms with Gasteiger partial charge in [0, 0.05) is 23.7 Å². The van der Waals surface area contributed by atoms with E-state index in [1.807, 2.05) is 24.3 Å². The first kappa shape index (κ1) is 19.1. The Hall–Kier alpha value is -1.63. The van der Waals surface area contributed by atoms with Crippen molar-refractivity contribution in [3.63, 3.8) is 0 Å². The summed E-state index contributed by atoms with van der Waals surface area (Å²) in [4.78, 5) is 0. The van der Waals surface area contributed by atoms with E-state index in [1.165, 1.54) is 6.07 Å². The molecule has 3 atom stereocenters. The van der Waals surface area contributed by atoms with Crippen molar-refractivity contribution in [3.05, 3.63) is 64.2 Å². The second-order valence-electron chi connectivity index (χ2n) is 6.67. The molecular formula is C20H24ClNO4. The fourth-order valence-corrected chi connectivity index (χ4v) is 3.53. The van der Waals surface area contributed by atoms with Gasteiger partial charge in [-0.15, -0.1) is 0 Å². The van der Waals surface area contributed by atoms with Crippen LogP contribution < -0.4 is 5.32 Å². The molecule has 1 saturated heterocycles. The van der Waals surface area contributed by atoms with Crippen molar-refractivity contribution in [2.45, 2.75) is 25.2 Å². The number of rotatable bonds is 7. The molecule has 4 N–H and O–H groups in total. The summed E-state index contributed by atoms with van der Waals surface area (Å²) >= 11 is 6.24. The van der Waals surface area contributed by atoms with Gasteiger partial charge in [0.15, 0.2) is 0 Å². The molecule has 0 radical (unpaired) electrons. The monoisotopic (exact) mass is 377 g/mol. The lowest BCUT2D eigenvalue weighted by Crippen LogP contribution is -2.27. The van der Waals surface area contributed by atoms with Gasteiger partial charge in [0.1, 0.15) is 5.75 Å². The lowest BCUT2D eigenvalue weighted by atomic mass is 10.00. The van der Waals surface area contributed by atoms with Crippen molar-refractivity contribution in [1.29, 1.82) is 0 Å². The predicted molar refractivity (Wildman–Crippen MR) is 100 cm³/mol. The van der Waals surface area contributed by atoms with E-state index in [0.717, 1.165) is 23.6 Å². The lowest BCUT2D eigenvalue weighted by Gasteiger charge is -2.16. The number of halogens is 1. The molecule has 1 aliphatic heterocycles. The molecule has 140 valence electrons. The van der Waals surface area contributed by atoms with Crippen LogP contribution in [0.1, 0.15) is 35.3 Å². The summed E-state index contributed by atoms with van der Waals surface area (Å²) in [7, 11) is 0. The molecule has 0 spiro atoms. The Labute approximate surface area is 158 Å². The highest BCUT2D eigenvalue weighted by Gasteiger charge is 2.27. The van der Waals surface area contributed by atoms with Gasteiger partial charge in [-0.05, 0) is 41.7 Å². The third kappa shape index (κ3) is 4.55. The van der Waals surface area contributed by atoms with E-state index in [0.29, 0.717) is 30.2 Å². The Morgan fingerprint density at radius 3 is 2.81 bits per heavy atom. The molecule has 0 saturated carbocycles. The number of aliphatic hydroxyl groups is 2. The zero-order chi connectivity index (χ0) is 18.5. The fraction of sp³-hybridized carbons (Fsp3) is 0.400. The summed E-state index contributed by atoms with van der Waals surface area (Å²) in [5, 5.41) is 33.1. The first-order valence-corrected chi connectivity index (χ1v) is 9.13. The maximum absolute atomic E-state index is 10.3. The Kier molecular flexibility index (Phi) is 6.51. The minimum Gasteiger partial charge on any atom is -0.508 e. The summed E-state index contributed by atoms with van der Waals surface area (Å²) in [6.45, 7) is 1.53. The molecule has 1 aliphatic rings. The molecule has 3 unspecified atom stereocenters. The van der Waals surface area contributed by atoms with E-state index >= 15 is 0 Å². The van der Waals surface area contributed by atoms with Crippen LogP contribution in [-0.2, 0) is 11.3 Å². The van der Waals surface area contributed by atoms with Crippen LogP contribution in [0.4, 0.5) is 0 Å². The SMILES string of the molecule is OCc1cc(C(O)CNCC2COC(c3ccccc3Cl)C2)ccc1O. The van der Waals surface area contributed by atoms with Gasteiger partial charge in [0.2, 0.25) is 0 Å². The normalized spacial score (nSPS) is 21.0. The Balaban J connectivity index is 1.47. The largest absolute Gasteiger partial charge is 0.508 e. The van der Waals surface area contributed by atoms with Gasteiger partial charge < -0.3 is 25.4 Å². The maximum Gasteiger partial charge on any atom is 0.121 e. The first-order valence-electron chi connectivity index (χ1n) is 8.76. The van der Waals surface area contributed by atoms with Crippen molar-refractivity contribution in [2.24, 2.45) is 5.92 Å². The summed E-state index contributed by atoms with van der Waals surface area (Å²) in [6.07, 6.45) is 0.202. The van der Waals surface area contributed by atoms with Gasteiger partial charge in [-0.25, -0.2) is 0 Å². The van der Waals surface area contributed by atoms with Crippen molar-refractivity contribution in [2.75, 3.05) is 19.7 Å². The minimum absolute atomic E-state index is 0.0182. The van der Waals surface area contributed by atoms with Gasteiger partial charge in [-0.2, -0.15) is 0 Å². The van der Waals surface area contributed by atoms with E-state index in [9.17, 15) is 15.3 Å². The average molecular weight is 378 g/mol. The number of aromatic hydroxyl groups is 1. The zero-order valence-corrected chi connectivity index (χ0v) is 15.2. The van der Waals surface area contributed by atoms with Crippen molar-refractivity contribution in [1.82, 2.24) is 5.32 Å². The molecule has 1 heterocycles. The van der Waals surface area contributed by atoms with Crippen LogP contribution in [0.2, 0.25) is 5.02 Å². The standard InChI is InChI=1S/C20H24ClNO4/c21-17-4-2-1-3-16(17)20-7-13(12-26-20)9-22-10-19(25)14-5-6-18(24)15(8-14)11-23/h1-6,8,13,19-20,22-25H,7,9-12H2. The molecule has 26 heavy (non-hydrogen) atoms. The molecule has 0 amide bonds. The van der Waals surface area contributed by atoms with Crippen LogP contribution in [0.15, 0.2) is 42.5 Å². The molecule has 3 rings (SSSR count). The molecule has 0 aromatic heterocycles. The van der Waals surface area contributed by atoms with Crippen molar-refractivity contribution in [3.8, 4) is 5.75 Å². The number of hydrogen-bond donors (Lipinski definition) is 4. The van der Waals surface area contributed by atoms with Crippen LogP contribution in [0.5, 0.6) is 5.75 Å². The Bertz CT molecular complexity index is 740. The summed E-state index contributed by atoms with van der Waals surface area (Å²) in [6, 6.07) is 12.5. The smallest absolute Gasteiger partial charge is 0.121 e. The number of hydrogen-bond acceptors (Lipinski definition) is 5. The summed E-state index contributed by atoms with van der Waals surface area (Å²) < 4.78 is 5.88. The molecule has 0 bridgehead atoms. The van der Waals surface area contributed by atoms with Gasteiger partial charge in [-0.3, -0.25) is 0 Å². The third-order valence-corrected chi connectivity index (χ3v) is 5.11. The maximum atomic E-state index is 10.3. The van der Waals surface area contributed by atoms with E-state index in [-0.39, 0.29) is 18.5 Å². The van der Waals surface area contributed by atoms with E-state index in [4.69, 9.17) is 16.3 Å². The molecule has 5 nitrogen and oxygen atoms in total. The molecular weight excluding hydrogens is 354 g/mol. The first-order chi connectivity index (χ1) is 12.6. The van der Waals surface area contributed by atoms with E-state index in [2.05, 4.69) is 5.32 Å². The highest BCUT2D eigenvalue weighted by molar-refractivity contribution is 6.31. The number of benzene rings is 2.